The molecule has 0 aliphatic carbocycles. The van der Waals surface area contributed by atoms with Gasteiger partial charge in [-0.2, -0.15) is 0 Å². The molecule has 1 rings (SSSR count). The molecule has 0 atom stereocenters. The number of rotatable bonds is 5. The number of aryl methyl sites for hydroxylation is 2. The van der Waals surface area contributed by atoms with E-state index >= 15 is 0 Å². The first-order valence-electron chi connectivity index (χ1n) is 6.03. The number of hydrogen-bond acceptors (Lipinski definition) is 2. The van der Waals surface area contributed by atoms with E-state index in [2.05, 4.69) is 37.7 Å². The van der Waals surface area contributed by atoms with E-state index in [1.807, 2.05) is 6.20 Å². The van der Waals surface area contributed by atoms with Gasteiger partial charge in [0.25, 0.3) is 0 Å². The summed E-state index contributed by atoms with van der Waals surface area (Å²) in [6.07, 6.45) is 6.54. The quantitative estimate of drug-likeness (QED) is 0.736. The maximum Gasteiger partial charge on any atom is 0.131 e. The van der Waals surface area contributed by atoms with E-state index < -0.39 is 0 Å². The predicted molar refractivity (Wildman–Crippen MR) is 64.1 cm³/mol. The fraction of sp³-hybridized carbons (Fsp3) is 0.692. The molecule has 1 aromatic heterocycles. The van der Waals surface area contributed by atoms with Crippen LogP contribution in [0.4, 0.5) is 0 Å². The monoisotopic (exact) mass is 206 g/mol. The number of hydrogen-bond donors (Lipinski definition) is 0. The smallest absolute Gasteiger partial charge is 0.131 e. The summed E-state index contributed by atoms with van der Waals surface area (Å²) in [7, 11) is 0. The van der Waals surface area contributed by atoms with E-state index in [0.717, 1.165) is 25.1 Å². The molecule has 2 nitrogen and oxygen atoms in total. The lowest BCUT2D eigenvalue weighted by molar-refractivity contribution is 0.729. The van der Waals surface area contributed by atoms with Crippen LogP contribution >= 0.6 is 0 Å². The maximum atomic E-state index is 4.67. The molecule has 0 spiro atoms. The summed E-state index contributed by atoms with van der Waals surface area (Å²) in [6.45, 7) is 8.69. The Morgan fingerprint density at radius 2 is 1.80 bits per heavy atom. The van der Waals surface area contributed by atoms with E-state index in [9.17, 15) is 0 Å². The summed E-state index contributed by atoms with van der Waals surface area (Å²) in [6, 6.07) is 0. The van der Waals surface area contributed by atoms with Crippen LogP contribution in [0.2, 0.25) is 0 Å². The minimum atomic E-state index is 0.427. The Bertz CT molecular complexity index is 305. The van der Waals surface area contributed by atoms with E-state index in [1.165, 1.54) is 17.7 Å². The lowest BCUT2D eigenvalue weighted by atomic mass is 10.1. The number of aromatic nitrogens is 2. The first-order valence-corrected chi connectivity index (χ1v) is 6.03. The van der Waals surface area contributed by atoms with Crippen molar-refractivity contribution in [3.63, 3.8) is 0 Å². The Hall–Kier alpha value is -0.920. The fourth-order valence-corrected chi connectivity index (χ4v) is 1.67. The molecule has 0 aromatic carbocycles. The molecule has 0 N–H and O–H groups in total. The minimum absolute atomic E-state index is 0.427. The van der Waals surface area contributed by atoms with Gasteiger partial charge >= 0.3 is 0 Å². The molecular formula is C13H22N2. The molecule has 0 saturated carbocycles. The zero-order chi connectivity index (χ0) is 11.3. The van der Waals surface area contributed by atoms with Gasteiger partial charge in [-0.3, -0.25) is 0 Å². The Kier molecular flexibility index (Phi) is 4.73. The maximum absolute atomic E-state index is 4.67. The van der Waals surface area contributed by atoms with E-state index in [4.69, 9.17) is 0 Å². The summed E-state index contributed by atoms with van der Waals surface area (Å²) < 4.78 is 0. The third kappa shape index (κ3) is 3.29. The zero-order valence-corrected chi connectivity index (χ0v) is 10.4. The first-order chi connectivity index (χ1) is 7.19. The highest BCUT2D eigenvalue weighted by atomic mass is 14.9. The highest BCUT2D eigenvalue weighted by Crippen LogP contribution is 2.14. The molecule has 0 fully saturated rings. The largest absolute Gasteiger partial charge is 0.241 e. The van der Waals surface area contributed by atoms with Crippen LogP contribution in [-0.2, 0) is 12.8 Å². The third-order valence-electron chi connectivity index (χ3n) is 2.50. The predicted octanol–water partition coefficient (Wildman–Crippen LogP) is 3.51. The third-order valence-corrected chi connectivity index (χ3v) is 2.50. The van der Waals surface area contributed by atoms with Gasteiger partial charge in [-0.15, -0.1) is 0 Å². The summed E-state index contributed by atoms with van der Waals surface area (Å²) in [5, 5.41) is 0. The Morgan fingerprint density at radius 1 is 1.13 bits per heavy atom. The lowest BCUT2D eigenvalue weighted by Crippen LogP contribution is -2.05. The summed E-state index contributed by atoms with van der Waals surface area (Å²) in [5.74, 6) is 1.41. The second kappa shape index (κ2) is 5.84. The summed E-state index contributed by atoms with van der Waals surface area (Å²) >= 11 is 0. The molecule has 84 valence electrons. The molecule has 0 aliphatic heterocycles. The van der Waals surface area contributed by atoms with Crippen molar-refractivity contribution in [2.75, 3.05) is 0 Å². The van der Waals surface area contributed by atoms with Gasteiger partial charge in [-0.05, 0) is 18.4 Å². The molecule has 0 bridgehead atoms. The van der Waals surface area contributed by atoms with Crippen molar-refractivity contribution in [2.24, 2.45) is 0 Å². The topological polar surface area (TPSA) is 25.8 Å². The lowest BCUT2D eigenvalue weighted by Gasteiger charge is -2.10. The van der Waals surface area contributed by atoms with Crippen molar-refractivity contribution in [2.45, 2.75) is 59.3 Å². The molecule has 1 aromatic rings. The highest BCUT2D eigenvalue weighted by molar-refractivity contribution is 5.19. The number of nitrogens with zero attached hydrogens (tertiary/aromatic N) is 2. The Morgan fingerprint density at radius 3 is 2.33 bits per heavy atom. The highest BCUT2D eigenvalue weighted by Gasteiger charge is 2.08. The molecule has 15 heavy (non-hydrogen) atoms. The van der Waals surface area contributed by atoms with Crippen LogP contribution in [0.25, 0.3) is 0 Å². The molecule has 2 heteroatoms. The SMILES string of the molecule is CCCc1cnc(C(C)C)nc1CCC. The molecule has 1 heterocycles. The van der Waals surface area contributed by atoms with Gasteiger partial charge in [-0.1, -0.05) is 40.5 Å². The van der Waals surface area contributed by atoms with Crippen LogP contribution in [-0.4, -0.2) is 9.97 Å². The first kappa shape index (κ1) is 12.2. The van der Waals surface area contributed by atoms with Crippen molar-refractivity contribution in [3.8, 4) is 0 Å². The Balaban J connectivity index is 2.97. The van der Waals surface area contributed by atoms with Crippen LogP contribution < -0.4 is 0 Å². The molecular weight excluding hydrogens is 184 g/mol. The van der Waals surface area contributed by atoms with Crippen molar-refractivity contribution in [1.82, 2.24) is 9.97 Å². The summed E-state index contributed by atoms with van der Waals surface area (Å²) in [5.41, 5.74) is 2.60. The van der Waals surface area contributed by atoms with Crippen LogP contribution in [0.15, 0.2) is 6.20 Å². The van der Waals surface area contributed by atoms with Crippen molar-refractivity contribution < 1.29 is 0 Å². The standard InChI is InChI=1S/C13H22N2/c1-5-7-11-9-14-13(10(3)4)15-12(11)8-6-2/h9-10H,5-8H2,1-4H3. The van der Waals surface area contributed by atoms with Gasteiger partial charge in [0.05, 0.1) is 0 Å². The minimum Gasteiger partial charge on any atom is -0.241 e. The van der Waals surface area contributed by atoms with Crippen molar-refractivity contribution in [3.05, 3.63) is 23.3 Å². The van der Waals surface area contributed by atoms with E-state index in [1.54, 1.807) is 0 Å². The van der Waals surface area contributed by atoms with Crippen LogP contribution in [0, 0.1) is 0 Å². The normalized spacial score (nSPS) is 11.0. The zero-order valence-electron chi connectivity index (χ0n) is 10.4. The molecule has 0 amide bonds. The second-order valence-electron chi connectivity index (χ2n) is 4.35. The van der Waals surface area contributed by atoms with Gasteiger partial charge in [-0.25, -0.2) is 9.97 Å². The van der Waals surface area contributed by atoms with Crippen molar-refractivity contribution in [1.29, 1.82) is 0 Å². The van der Waals surface area contributed by atoms with Crippen LogP contribution in [0.1, 0.15) is 63.5 Å². The molecule has 0 aliphatic rings. The second-order valence-corrected chi connectivity index (χ2v) is 4.35. The van der Waals surface area contributed by atoms with Gasteiger partial charge in [0, 0.05) is 17.8 Å². The van der Waals surface area contributed by atoms with Gasteiger partial charge in [0.15, 0.2) is 0 Å². The van der Waals surface area contributed by atoms with E-state index in [0.29, 0.717) is 5.92 Å². The average Bonchev–Trinajstić information content (AvgIpc) is 2.21. The van der Waals surface area contributed by atoms with Crippen LogP contribution in [0.3, 0.4) is 0 Å². The summed E-state index contributed by atoms with van der Waals surface area (Å²) in [4.78, 5) is 9.10. The van der Waals surface area contributed by atoms with Gasteiger partial charge in [0.1, 0.15) is 5.82 Å². The van der Waals surface area contributed by atoms with Gasteiger partial charge < -0.3 is 0 Å². The molecule has 0 unspecified atom stereocenters. The van der Waals surface area contributed by atoms with Crippen molar-refractivity contribution >= 4 is 0 Å². The molecule has 0 radical (unpaired) electrons. The van der Waals surface area contributed by atoms with Gasteiger partial charge in [0.2, 0.25) is 0 Å². The Labute approximate surface area is 93.2 Å². The van der Waals surface area contributed by atoms with Crippen LogP contribution in [0.5, 0.6) is 0 Å². The fourth-order valence-electron chi connectivity index (χ4n) is 1.67. The molecule has 0 saturated heterocycles. The average molecular weight is 206 g/mol. The van der Waals surface area contributed by atoms with E-state index in [-0.39, 0.29) is 0 Å².